The van der Waals surface area contributed by atoms with Gasteiger partial charge in [-0.1, -0.05) is 6.92 Å². The van der Waals surface area contributed by atoms with Crippen LogP contribution in [0.25, 0.3) is 0 Å². The van der Waals surface area contributed by atoms with Crippen LogP contribution in [0.4, 0.5) is 8.78 Å². The minimum atomic E-state index is -3.86. The summed E-state index contributed by atoms with van der Waals surface area (Å²) in [4.78, 5) is -0.407. The summed E-state index contributed by atoms with van der Waals surface area (Å²) in [5.41, 5.74) is 0. The van der Waals surface area contributed by atoms with Crippen molar-refractivity contribution >= 4 is 22.4 Å². The number of benzene rings is 1. The Bertz CT molecular complexity index is 477. The molecule has 1 aromatic carbocycles. The van der Waals surface area contributed by atoms with Crippen molar-refractivity contribution in [2.75, 3.05) is 19.6 Å². The molecule has 0 amide bonds. The van der Waals surface area contributed by atoms with Crippen molar-refractivity contribution in [3.05, 3.63) is 29.8 Å². The number of nitrogens with one attached hydrogen (secondary N) is 2. The van der Waals surface area contributed by atoms with E-state index in [1.165, 1.54) is 0 Å². The monoisotopic (exact) mass is 314 g/mol. The van der Waals surface area contributed by atoms with Gasteiger partial charge in [-0.25, -0.2) is 21.9 Å². The Kier molecular flexibility index (Phi) is 8.08. The van der Waals surface area contributed by atoms with Crippen molar-refractivity contribution < 1.29 is 17.2 Å². The van der Waals surface area contributed by atoms with Crippen LogP contribution in [0.1, 0.15) is 13.3 Å². The fourth-order valence-corrected chi connectivity index (χ4v) is 2.42. The Hall–Kier alpha value is -0.760. The fraction of sp³-hybridized carbons (Fsp3) is 0.455. The van der Waals surface area contributed by atoms with Gasteiger partial charge in [0.1, 0.15) is 11.6 Å². The van der Waals surface area contributed by atoms with Crippen LogP contribution >= 0.6 is 12.4 Å². The minimum Gasteiger partial charge on any atom is -0.315 e. The van der Waals surface area contributed by atoms with Crippen molar-refractivity contribution in [2.24, 2.45) is 0 Å². The van der Waals surface area contributed by atoms with Gasteiger partial charge in [-0.2, -0.15) is 0 Å². The zero-order chi connectivity index (χ0) is 13.6. The molecule has 0 aromatic heterocycles. The van der Waals surface area contributed by atoms with Gasteiger partial charge < -0.3 is 5.32 Å². The highest BCUT2D eigenvalue weighted by Gasteiger charge is 2.15. The maximum atomic E-state index is 12.9. The van der Waals surface area contributed by atoms with Gasteiger partial charge in [0.15, 0.2) is 0 Å². The smallest absolute Gasteiger partial charge is 0.240 e. The third-order valence-corrected chi connectivity index (χ3v) is 3.61. The molecule has 1 aromatic rings. The van der Waals surface area contributed by atoms with Crippen LogP contribution in [0.15, 0.2) is 23.1 Å². The van der Waals surface area contributed by atoms with Crippen LogP contribution in [0, 0.1) is 11.6 Å². The number of halogens is 3. The first-order chi connectivity index (χ1) is 8.45. The molecule has 0 saturated carbocycles. The summed E-state index contributed by atoms with van der Waals surface area (Å²) in [6.45, 7) is 3.41. The second kappa shape index (κ2) is 8.42. The predicted octanol–water partition coefficient (Wildman–Crippen LogP) is 1.66. The van der Waals surface area contributed by atoms with Gasteiger partial charge in [-0.15, -0.1) is 12.4 Å². The van der Waals surface area contributed by atoms with E-state index in [0.717, 1.165) is 25.1 Å². The molecule has 0 fully saturated rings. The van der Waals surface area contributed by atoms with E-state index in [9.17, 15) is 17.2 Å². The van der Waals surface area contributed by atoms with Gasteiger partial charge in [0.05, 0.1) is 4.90 Å². The third kappa shape index (κ3) is 6.29. The van der Waals surface area contributed by atoms with Crippen LogP contribution in [-0.2, 0) is 10.0 Å². The molecule has 19 heavy (non-hydrogen) atoms. The molecule has 0 unspecified atom stereocenters. The van der Waals surface area contributed by atoms with Gasteiger partial charge in [0, 0.05) is 19.2 Å². The van der Waals surface area contributed by atoms with Crippen LogP contribution in [-0.4, -0.2) is 28.1 Å². The Balaban J connectivity index is 0.00000324. The molecule has 4 nitrogen and oxygen atoms in total. The van der Waals surface area contributed by atoms with E-state index in [1.54, 1.807) is 0 Å². The van der Waals surface area contributed by atoms with Crippen LogP contribution in [0.5, 0.6) is 0 Å². The molecule has 110 valence electrons. The number of rotatable bonds is 7. The van der Waals surface area contributed by atoms with Crippen LogP contribution < -0.4 is 10.0 Å². The molecule has 0 aliphatic heterocycles. The normalized spacial score (nSPS) is 11.1. The maximum absolute atomic E-state index is 12.9. The lowest BCUT2D eigenvalue weighted by atomic mass is 10.3. The number of hydrogen-bond donors (Lipinski definition) is 2. The summed E-state index contributed by atoms with van der Waals surface area (Å²) in [5.74, 6) is -1.83. The van der Waals surface area contributed by atoms with Crippen molar-refractivity contribution in [3.8, 4) is 0 Å². The molecule has 8 heteroatoms. The Morgan fingerprint density at radius 2 is 1.63 bits per heavy atom. The lowest BCUT2D eigenvalue weighted by Gasteiger charge is -2.07. The van der Waals surface area contributed by atoms with E-state index in [1.807, 2.05) is 6.92 Å². The Labute approximate surface area is 118 Å². The molecule has 0 aliphatic carbocycles. The zero-order valence-corrected chi connectivity index (χ0v) is 12.1. The summed E-state index contributed by atoms with van der Waals surface area (Å²) < 4.78 is 51.5. The van der Waals surface area contributed by atoms with E-state index in [0.29, 0.717) is 12.6 Å². The van der Waals surface area contributed by atoms with Crippen molar-refractivity contribution in [3.63, 3.8) is 0 Å². The minimum absolute atomic E-state index is 0. The Morgan fingerprint density at radius 3 is 2.16 bits per heavy atom. The summed E-state index contributed by atoms with van der Waals surface area (Å²) in [6, 6.07) is 2.19. The first-order valence-corrected chi connectivity index (χ1v) is 7.10. The number of sulfonamides is 1. The summed E-state index contributed by atoms with van der Waals surface area (Å²) in [6.07, 6.45) is 0.946. The van der Waals surface area contributed by atoms with E-state index < -0.39 is 26.6 Å². The summed E-state index contributed by atoms with van der Waals surface area (Å²) in [7, 11) is -3.86. The predicted molar refractivity (Wildman–Crippen MR) is 72.0 cm³/mol. The molecule has 0 heterocycles. The van der Waals surface area contributed by atoms with Crippen LogP contribution in [0.2, 0.25) is 0 Å². The van der Waals surface area contributed by atoms with Gasteiger partial charge >= 0.3 is 0 Å². The van der Waals surface area contributed by atoms with Gasteiger partial charge in [0.2, 0.25) is 10.0 Å². The average Bonchev–Trinajstić information content (AvgIpc) is 2.27. The van der Waals surface area contributed by atoms with E-state index in [2.05, 4.69) is 10.0 Å². The molecule has 0 aliphatic rings. The lowest BCUT2D eigenvalue weighted by Crippen LogP contribution is -2.32. The fourth-order valence-electron chi connectivity index (χ4n) is 1.34. The summed E-state index contributed by atoms with van der Waals surface area (Å²) >= 11 is 0. The molecule has 1 rings (SSSR count). The topological polar surface area (TPSA) is 58.2 Å². The molecular weight excluding hydrogens is 298 g/mol. The van der Waals surface area contributed by atoms with Gasteiger partial charge in [0.25, 0.3) is 0 Å². The second-order valence-corrected chi connectivity index (χ2v) is 5.52. The highest BCUT2D eigenvalue weighted by atomic mass is 35.5. The molecule has 0 atom stereocenters. The van der Waals surface area contributed by atoms with Crippen molar-refractivity contribution in [1.82, 2.24) is 10.0 Å². The zero-order valence-electron chi connectivity index (χ0n) is 10.4. The van der Waals surface area contributed by atoms with Crippen molar-refractivity contribution in [1.29, 1.82) is 0 Å². The first kappa shape index (κ1) is 18.2. The maximum Gasteiger partial charge on any atom is 0.240 e. The first-order valence-electron chi connectivity index (χ1n) is 5.62. The highest BCUT2D eigenvalue weighted by Crippen LogP contribution is 2.12. The average molecular weight is 315 g/mol. The van der Waals surface area contributed by atoms with E-state index in [4.69, 9.17) is 0 Å². The summed E-state index contributed by atoms with van der Waals surface area (Å²) in [5, 5.41) is 3.01. The van der Waals surface area contributed by atoms with E-state index >= 15 is 0 Å². The second-order valence-electron chi connectivity index (χ2n) is 3.75. The molecule has 2 N–H and O–H groups in total. The Morgan fingerprint density at radius 1 is 1.05 bits per heavy atom. The number of hydrogen-bond acceptors (Lipinski definition) is 3. The van der Waals surface area contributed by atoms with Gasteiger partial charge in [-0.05, 0) is 25.1 Å². The molecule has 0 bridgehead atoms. The van der Waals surface area contributed by atoms with Crippen LogP contribution in [0.3, 0.4) is 0 Å². The largest absolute Gasteiger partial charge is 0.315 e. The lowest BCUT2D eigenvalue weighted by molar-refractivity contribution is 0.559. The van der Waals surface area contributed by atoms with E-state index in [-0.39, 0.29) is 19.0 Å². The van der Waals surface area contributed by atoms with Gasteiger partial charge in [-0.3, -0.25) is 0 Å². The molecule has 0 spiro atoms. The molecule has 0 radical (unpaired) electrons. The molecular formula is C11H17ClF2N2O2S. The molecule has 0 saturated heterocycles. The highest BCUT2D eigenvalue weighted by molar-refractivity contribution is 7.89. The standard InChI is InChI=1S/C11H16F2N2O2S.ClH/c1-2-3-14-4-5-15-18(16,17)11-7-9(12)6-10(13)8-11;/h6-8,14-15H,2-5H2,1H3;1H. The SMILES string of the molecule is CCCNCCNS(=O)(=O)c1cc(F)cc(F)c1.Cl. The van der Waals surface area contributed by atoms with Crippen molar-refractivity contribution in [2.45, 2.75) is 18.2 Å². The quantitative estimate of drug-likeness (QED) is 0.753. The third-order valence-electron chi connectivity index (χ3n) is 2.17.